The van der Waals surface area contributed by atoms with Crippen molar-refractivity contribution in [2.45, 2.75) is 45.1 Å². The van der Waals surface area contributed by atoms with Crippen LogP contribution in [0.3, 0.4) is 0 Å². The quantitative estimate of drug-likeness (QED) is 0.701. The maximum absolute atomic E-state index is 12.5. The molecule has 1 heterocycles. The number of nitrogens with two attached hydrogens (primary N) is 1. The van der Waals surface area contributed by atoms with Crippen LogP contribution in [0.5, 0.6) is 5.75 Å². The molecule has 0 spiro atoms. The molecule has 1 aliphatic rings. The van der Waals surface area contributed by atoms with E-state index in [1.165, 1.54) is 5.56 Å². The Balaban J connectivity index is 1.74. The Hall–Kier alpha value is -2.08. The third kappa shape index (κ3) is 6.33. The second kappa shape index (κ2) is 10.2. The molecule has 0 aromatic heterocycles. The monoisotopic (exact) mass is 361 g/mol. The predicted molar refractivity (Wildman–Crippen MR) is 102 cm³/mol. The number of rotatable bonds is 9. The van der Waals surface area contributed by atoms with Crippen molar-refractivity contribution in [3.05, 3.63) is 29.8 Å². The molecule has 3 N–H and O–H groups in total. The smallest absolute Gasteiger partial charge is 0.237 e. The average molecular weight is 361 g/mol. The maximum atomic E-state index is 12.5. The number of piperidine rings is 1. The van der Waals surface area contributed by atoms with Crippen LogP contribution in [-0.2, 0) is 16.0 Å². The molecule has 1 aromatic carbocycles. The summed E-state index contributed by atoms with van der Waals surface area (Å²) in [5, 5.41) is 3.04. The first-order chi connectivity index (χ1) is 12.5. The van der Waals surface area contributed by atoms with E-state index in [1.807, 2.05) is 31.2 Å². The van der Waals surface area contributed by atoms with Crippen molar-refractivity contribution in [3.63, 3.8) is 0 Å². The lowest BCUT2D eigenvalue weighted by molar-refractivity contribution is -0.126. The Bertz CT molecular complexity index is 588. The Morgan fingerprint density at radius 2 is 2.08 bits per heavy atom. The Morgan fingerprint density at radius 3 is 2.73 bits per heavy atom. The molecule has 2 rings (SSSR count). The van der Waals surface area contributed by atoms with Crippen LogP contribution in [0.2, 0.25) is 0 Å². The van der Waals surface area contributed by atoms with Crippen molar-refractivity contribution in [2.75, 3.05) is 26.7 Å². The van der Waals surface area contributed by atoms with E-state index < -0.39 is 0 Å². The number of nitrogens with one attached hydrogen (secondary N) is 1. The summed E-state index contributed by atoms with van der Waals surface area (Å²) < 4.78 is 5.15. The molecule has 1 saturated heterocycles. The van der Waals surface area contributed by atoms with Gasteiger partial charge in [-0.2, -0.15) is 0 Å². The number of carbonyl (C=O) groups is 2. The molecule has 0 saturated carbocycles. The van der Waals surface area contributed by atoms with Gasteiger partial charge in [-0.25, -0.2) is 0 Å². The third-order valence-corrected chi connectivity index (χ3v) is 5.15. The van der Waals surface area contributed by atoms with Gasteiger partial charge in [0.2, 0.25) is 11.8 Å². The predicted octanol–water partition coefficient (Wildman–Crippen LogP) is 1.72. The average Bonchev–Trinajstić information content (AvgIpc) is 2.66. The molecule has 2 atom stereocenters. The Kier molecular flexibility index (Phi) is 7.91. The number of benzene rings is 1. The number of carbonyl (C=O) groups excluding carboxylic acids is 2. The number of nitrogens with zero attached hydrogens (tertiary/aromatic N) is 1. The minimum Gasteiger partial charge on any atom is -0.497 e. The summed E-state index contributed by atoms with van der Waals surface area (Å²) in [5.41, 5.74) is 6.42. The minimum absolute atomic E-state index is 0.0639. The number of ether oxygens (including phenoxy) is 1. The highest BCUT2D eigenvalue weighted by Crippen LogP contribution is 2.22. The number of methoxy groups -OCH3 is 1. The number of hydrogen-bond donors (Lipinski definition) is 2. The van der Waals surface area contributed by atoms with E-state index in [0.717, 1.165) is 44.5 Å². The molecule has 6 heteroatoms. The highest BCUT2D eigenvalue weighted by Gasteiger charge is 2.27. The summed E-state index contributed by atoms with van der Waals surface area (Å²) in [4.78, 5) is 25.7. The second-order valence-electron chi connectivity index (χ2n) is 7.07. The van der Waals surface area contributed by atoms with Crippen LogP contribution in [0.4, 0.5) is 0 Å². The van der Waals surface area contributed by atoms with Gasteiger partial charge in [0.05, 0.1) is 13.2 Å². The van der Waals surface area contributed by atoms with Crippen molar-refractivity contribution in [1.29, 1.82) is 0 Å². The van der Waals surface area contributed by atoms with E-state index in [9.17, 15) is 9.59 Å². The minimum atomic E-state index is -0.244. The van der Waals surface area contributed by atoms with Gasteiger partial charge in [-0.1, -0.05) is 12.1 Å². The summed E-state index contributed by atoms with van der Waals surface area (Å²) in [6.45, 7) is 4.37. The third-order valence-electron chi connectivity index (χ3n) is 5.15. The van der Waals surface area contributed by atoms with Crippen LogP contribution in [-0.4, -0.2) is 49.5 Å². The summed E-state index contributed by atoms with van der Waals surface area (Å²) in [5.74, 6) is 1.11. The van der Waals surface area contributed by atoms with E-state index in [0.29, 0.717) is 18.9 Å². The van der Waals surface area contributed by atoms with Crippen LogP contribution >= 0.6 is 0 Å². The van der Waals surface area contributed by atoms with Gasteiger partial charge in [0, 0.05) is 19.5 Å². The molecule has 0 bridgehead atoms. The number of hydrogen-bond acceptors (Lipinski definition) is 4. The molecule has 2 unspecified atom stereocenters. The molecular formula is C20H31N3O3. The van der Waals surface area contributed by atoms with E-state index in [1.54, 1.807) is 7.11 Å². The van der Waals surface area contributed by atoms with Crippen LogP contribution in [0.25, 0.3) is 0 Å². The number of amides is 2. The van der Waals surface area contributed by atoms with Gasteiger partial charge in [0.1, 0.15) is 5.75 Å². The van der Waals surface area contributed by atoms with Crippen LogP contribution in [0, 0.1) is 5.92 Å². The maximum Gasteiger partial charge on any atom is 0.237 e. The molecule has 0 radical (unpaired) electrons. The van der Waals surface area contributed by atoms with Gasteiger partial charge in [-0.05, 0) is 62.8 Å². The van der Waals surface area contributed by atoms with Crippen molar-refractivity contribution in [1.82, 2.24) is 10.2 Å². The first kappa shape index (κ1) is 20.2. The van der Waals surface area contributed by atoms with E-state index in [-0.39, 0.29) is 17.9 Å². The first-order valence-corrected chi connectivity index (χ1v) is 9.42. The second-order valence-corrected chi connectivity index (χ2v) is 7.07. The molecular weight excluding hydrogens is 330 g/mol. The van der Waals surface area contributed by atoms with Crippen LogP contribution in [0.15, 0.2) is 24.3 Å². The molecule has 0 aliphatic carbocycles. The fourth-order valence-corrected chi connectivity index (χ4v) is 3.47. The number of primary amides is 1. The van der Waals surface area contributed by atoms with Crippen molar-refractivity contribution >= 4 is 11.8 Å². The van der Waals surface area contributed by atoms with Crippen LogP contribution in [0.1, 0.15) is 38.2 Å². The lowest BCUT2D eigenvalue weighted by Crippen LogP contribution is -2.49. The van der Waals surface area contributed by atoms with Gasteiger partial charge in [0.15, 0.2) is 0 Å². The molecule has 1 fully saturated rings. The van der Waals surface area contributed by atoms with E-state index >= 15 is 0 Å². The number of likely N-dealkylation sites (tertiary alicyclic amines) is 1. The zero-order chi connectivity index (χ0) is 18.9. The first-order valence-electron chi connectivity index (χ1n) is 9.42. The van der Waals surface area contributed by atoms with Gasteiger partial charge < -0.3 is 15.8 Å². The highest BCUT2D eigenvalue weighted by molar-refractivity contribution is 5.81. The van der Waals surface area contributed by atoms with Crippen molar-refractivity contribution in [3.8, 4) is 5.75 Å². The summed E-state index contributed by atoms with van der Waals surface area (Å²) in [6.07, 6.45) is 4.21. The topological polar surface area (TPSA) is 84.7 Å². The normalized spacial score (nSPS) is 18.9. The Labute approximate surface area is 156 Å². The van der Waals surface area contributed by atoms with Crippen LogP contribution < -0.4 is 15.8 Å². The van der Waals surface area contributed by atoms with Gasteiger partial charge in [0.25, 0.3) is 0 Å². The largest absolute Gasteiger partial charge is 0.497 e. The summed E-state index contributed by atoms with van der Waals surface area (Å²) in [7, 11) is 1.65. The Morgan fingerprint density at radius 1 is 1.35 bits per heavy atom. The van der Waals surface area contributed by atoms with Gasteiger partial charge in [-0.15, -0.1) is 0 Å². The van der Waals surface area contributed by atoms with Gasteiger partial charge in [-0.3, -0.25) is 14.5 Å². The van der Waals surface area contributed by atoms with Crippen molar-refractivity contribution < 1.29 is 14.3 Å². The van der Waals surface area contributed by atoms with Gasteiger partial charge >= 0.3 is 0 Å². The van der Waals surface area contributed by atoms with E-state index in [4.69, 9.17) is 10.5 Å². The zero-order valence-corrected chi connectivity index (χ0v) is 15.9. The highest BCUT2D eigenvalue weighted by atomic mass is 16.5. The SMILES string of the molecule is COc1ccc(CCNC(=O)C(C)N2CCCC(CCC(N)=O)C2)cc1. The molecule has 144 valence electrons. The molecule has 1 aliphatic heterocycles. The lowest BCUT2D eigenvalue weighted by Gasteiger charge is -2.36. The molecule has 1 aromatic rings. The van der Waals surface area contributed by atoms with E-state index in [2.05, 4.69) is 10.2 Å². The molecule has 2 amide bonds. The zero-order valence-electron chi connectivity index (χ0n) is 15.9. The summed E-state index contributed by atoms with van der Waals surface area (Å²) >= 11 is 0. The standard InChI is InChI=1S/C20H31N3O3/c1-15(23-13-3-4-17(14-23)7-10-19(21)24)20(25)22-12-11-16-5-8-18(26-2)9-6-16/h5-6,8-9,15,17H,3-4,7,10-14H2,1-2H3,(H2,21,24)(H,22,25). The fraction of sp³-hybridized carbons (Fsp3) is 0.600. The lowest BCUT2D eigenvalue weighted by atomic mass is 9.92. The fourth-order valence-electron chi connectivity index (χ4n) is 3.47. The van der Waals surface area contributed by atoms with Crippen molar-refractivity contribution in [2.24, 2.45) is 11.7 Å². The molecule has 26 heavy (non-hydrogen) atoms. The molecule has 6 nitrogen and oxygen atoms in total. The summed E-state index contributed by atoms with van der Waals surface area (Å²) in [6, 6.07) is 7.74.